The van der Waals surface area contributed by atoms with Gasteiger partial charge in [0.25, 0.3) is 0 Å². The molecule has 0 atom stereocenters. The Labute approximate surface area is 192 Å². The van der Waals surface area contributed by atoms with Crippen LogP contribution in [0.5, 0.6) is 5.75 Å². The van der Waals surface area contributed by atoms with Crippen LogP contribution in [-0.2, 0) is 4.79 Å². The van der Waals surface area contributed by atoms with Crippen molar-refractivity contribution in [3.8, 4) is 5.75 Å². The normalized spacial score (nSPS) is 14.8. The first-order valence-corrected chi connectivity index (χ1v) is 11.1. The van der Waals surface area contributed by atoms with Crippen LogP contribution in [0.15, 0.2) is 42.5 Å². The highest BCUT2D eigenvalue weighted by molar-refractivity contribution is 5.82. The van der Waals surface area contributed by atoms with E-state index in [-0.39, 0.29) is 12.8 Å². The molecule has 1 heterocycles. The molecule has 9 heteroatoms. The molecule has 1 aliphatic heterocycles. The highest BCUT2D eigenvalue weighted by Crippen LogP contribution is 2.36. The number of nitrogens with one attached hydrogen (secondary N) is 2. The largest absolute Gasteiger partial charge is 0.495 e. The molecule has 0 saturated carbocycles. The molecule has 1 aliphatic rings. The summed E-state index contributed by atoms with van der Waals surface area (Å²) >= 11 is 0. The van der Waals surface area contributed by atoms with E-state index in [0.29, 0.717) is 31.1 Å². The molecule has 33 heavy (non-hydrogen) atoms. The highest BCUT2D eigenvalue weighted by Gasteiger charge is 2.41. The van der Waals surface area contributed by atoms with Crippen LogP contribution in [0.25, 0.3) is 0 Å². The summed E-state index contributed by atoms with van der Waals surface area (Å²) in [7, 11) is 3.44. The molecular formula is C24H31F3N4O2. The molecule has 0 bridgehead atoms. The molecule has 0 aliphatic carbocycles. The Balaban J connectivity index is 1.66. The van der Waals surface area contributed by atoms with Crippen molar-refractivity contribution in [1.82, 2.24) is 5.32 Å². The van der Waals surface area contributed by atoms with Gasteiger partial charge >= 0.3 is 6.18 Å². The van der Waals surface area contributed by atoms with Crippen molar-refractivity contribution in [3.05, 3.63) is 42.5 Å². The Morgan fingerprint density at radius 1 is 1.12 bits per heavy atom. The van der Waals surface area contributed by atoms with E-state index in [4.69, 9.17) is 4.74 Å². The molecule has 3 rings (SSSR count). The number of methoxy groups -OCH3 is 1. The number of ether oxygens (including phenoxy) is 1. The smallest absolute Gasteiger partial charge is 0.391 e. The number of amides is 1. The van der Waals surface area contributed by atoms with Gasteiger partial charge in [-0.25, -0.2) is 0 Å². The second kappa shape index (κ2) is 11.3. The molecule has 0 radical (unpaired) electrons. The first kappa shape index (κ1) is 24.7. The maximum Gasteiger partial charge on any atom is 0.391 e. The number of halogens is 3. The third-order valence-corrected chi connectivity index (χ3v) is 5.92. The molecule has 1 amide bonds. The van der Waals surface area contributed by atoms with Crippen LogP contribution in [0.4, 0.5) is 35.9 Å². The Hall–Kier alpha value is -2.94. The summed E-state index contributed by atoms with van der Waals surface area (Å²) in [6.45, 7) is 2.15. The van der Waals surface area contributed by atoms with Gasteiger partial charge in [0.05, 0.1) is 18.7 Å². The van der Waals surface area contributed by atoms with Crippen molar-refractivity contribution in [2.45, 2.75) is 25.4 Å². The molecule has 180 valence electrons. The zero-order chi connectivity index (χ0) is 23.8. The molecule has 2 N–H and O–H groups in total. The molecule has 2 aromatic rings. The molecule has 2 aromatic carbocycles. The van der Waals surface area contributed by atoms with Crippen molar-refractivity contribution in [1.29, 1.82) is 0 Å². The van der Waals surface area contributed by atoms with Gasteiger partial charge in [0.2, 0.25) is 6.41 Å². The molecule has 6 nitrogen and oxygen atoms in total. The Morgan fingerprint density at radius 3 is 2.36 bits per heavy atom. The van der Waals surface area contributed by atoms with Crippen LogP contribution in [0.1, 0.15) is 19.3 Å². The number of rotatable bonds is 10. The van der Waals surface area contributed by atoms with Crippen LogP contribution in [-0.4, -0.2) is 52.9 Å². The average molecular weight is 465 g/mol. The fourth-order valence-corrected chi connectivity index (χ4v) is 4.04. The van der Waals surface area contributed by atoms with Crippen LogP contribution < -0.4 is 25.2 Å². The zero-order valence-electron chi connectivity index (χ0n) is 19.0. The summed E-state index contributed by atoms with van der Waals surface area (Å²) in [5, 5.41) is 6.39. The Bertz CT molecular complexity index is 898. The molecular weight excluding hydrogens is 433 g/mol. The number of anilines is 4. The van der Waals surface area contributed by atoms with E-state index in [0.717, 1.165) is 36.4 Å². The standard InChI is InChI=1S/C24H31F3N4O2/c1-28-12-3-13-31(17-32)22-16-20(6-9-23(22)33-2)29-19-4-7-21(8-5-19)30-14-10-18(11-15-30)24(25,26)27/h4-9,16-18,28-29H,3,10-15H2,1-2H3. The van der Waals surface area contributed by atoms with Crippen LogP contribution in [0.3, 0.4) is 0 Å². The summed E-state index contributed by atoms with van der Waals surface area (Å²) in [5.41, 5.74) is 3.23. The number of nitrogens with zero attached hydrogens (tertiary/aromatic N) is 2. The van der Waals surface area contributed by atoms with Crippen molar-refractivity contribution < 1.29 is 22.7 Å². The van der Waals surface area contributed by atoms with E-state index in [1.807, 2.05) is 54.4 Å². The van der Waals surface area contributed by atoms with Crippen molar-refractivity contribution in [2.24, 2.45) is 5.92 Å². The quantitative estimate of drug-likeness (QED) is 0.391. The summed E-state index contributed by atoms with van der Waals surface area (Å²) in [6.07, 6.45) is -2.26. The minimum absolute atomic E-state index is 0.125. The lowest BCUT2D eigenvalue weighted by atomic mass is 9.96. The number of hydrogen-bond donors (Lipinski definition) is 2. The maximum atomic E-state index is 12.9. The number of piperidine rings is 1. The van der Waals surface area contributed by atoms with Gasteiger partial charge in [-0.05, 0) is 75.3 Å². The van der Waals surface area contributed by atoms with E-state index in [1.165, 1.54) is 0 Å². The third-order valence-electron chi connectivity index (χ3n) is 5.92. The lowest BCUT2D eigenvalue weighted by Gasteiger charge is -2.34. The first-order valence-electron chi connectivity index (χ1n) is 11.1. The number of benzene rings is 2. The second-order valence-corrected chi connectivity index (χ2v) is 8.12. The lowest BCUT2D eigenvalue weighted by molar-refractivity contribution is -0.179. The van der Waals surface area contributed by atoms with E-state index < -0.39 is 12.1 Å². The van der Waals surface area contributed by atoms with E-state index in [2.05, 4.69) is 10.6 Å². The summed E-state index contributed by atoms with van der Waals surface area (Å²) < 4.78 is 44.1. The van der Waals surface area contributed by atoms with E-state index in [9.17, 15) is 18.0 Å². The molecule has 1 saturated heterocycles. The zero-order valence-corrected chi connectivity index (χ0v) is 19.0. The number of hydrogen-bond acceptors (Lipinski definition) is 5. The second-order valence-electron chi connectivity index (χ2n) is 8.12. The van der Waals surface area contributed by atoms with Gasteiger partial charge in [0, 0.05) is 36.7 Å². The predicted octanol–water partition coefficient (Wildman–Crippen LogP) is 4.79. The Kier molecular flexibility index (Phi) is 8.43. The number of alkyl halides is 3. The van der Waals surface area contributed by atoms with Crippen LogP contribution >= 0.6 is 0 Å². The fourth-order valence-electron chi connectivity index (χ4n) is 4.04. The highest BCUT2D eigenvalue weighted by atomic mass is 19.4. The van der Waals surface area contributed by atoms with Crippen LogP contribution in [0.2, 0.25) is 0 Å². The SMILES string of the molecule is CNCCCN(C=O)c1cc(Nc2ccc(N3CCC(C(F)(F)F)CC3)cc2)ccc1OC. The summed E-state index contributed by atoms with van der Waals surface area (Å²) in [4.78, 5) is 15.3. The first-order chi connectivity index (χ1) is 15.9. The third kappa shape index (κ3) is 6.54. The van der Waals surface area contributed by atoms with E-state index >= 15 is 0 Å². The van der Waals surface area contributed by atoms with Crippen molar-refractivity contribution in [2.75, 3.05) is 55.5 Å². The van der Waals surface area contributed by atoms with Gasteiger partial charge in [-0.3, -0.25) is 4.79 Å². The summed E-state index contributed by atoms with van der Waals surface area (Å²) in [5.74, 6) is -0.599. The molecule has 0 unspecified atom stereocenters. The minimum atomic E-state index is -4.11. The molecule has 0 spiro atoms. The molecule has 0 aromatic heterocycles. The van der Waals surface area contributed by atoms with Crippen molar-refractivity contribution >= 4 is 29.2 Å². The van der Waals surface area contributed by atoms with Gasteiger partial charge in [0.1, 0.15) is 5.75 Å². The van der Waals surface area contributed by atoms with Gasteiger partial charge in [0.15, 0.2) is 0 Å². The Morgan fingerprint density at radius 2 is 1.79 bits per heavy atom. The van der Waals surface area contributed by atoms with Gasteiger partial charge in [-0.1, -0.05) is 0 Å². The monoisotopic (exact) mass is 464 g/mol. The van der Waals surface area contributed by atoms with E-state index in [1.54, 1.807) is 12.0 Å². The number of carbonyl (C=O) groups excluding carboxylic acids is 1. The molecule has 1 fully saturated rings. The summed E-state index contributed by atoms with van der Waals surface area (Å²) in [6, 6.07) is 13.2. The minimum Gasteiger partial charge on any atom is -0.495 e. The lowest BCUT2D eigenvalue weighted by Crippen LogP contribution is -2.38. The predicted molar refractivity (Wildman–Crippen MR) is 126 cm³/mol. The topological polar surface area (TPSA) is 56.8 Å². The van der Waals surface area contributed by atoms with Crippen molar-refractivity contribution in [3.63, 3.8) is 0 Å². The van der Waals surface area contributed by atoms with Gasteiger partial charge < -0.3 is 25.2 Å². The maximum absolute atomic E-state index is 12.9. The fraction of sp³-hybridized carbons (Fsp3) is 0.458. The van der Waals surface area contributed by atoms with Gasteiger partial charge in [-0.15, -0.1) is 0 Å². The average Bonchev–Trinajstić information content (AvgIpc) is 2.82. The number of carbonyl (C=O) groups is 1. The van der Waals surface area contributed by atoms with Gasteiger partial charge in [-0.2, -0.15) is 13.2 Å². The van der Waals surface area contributed by atoms with Crippen LogP contribution in [0, 0.1) is 5.92 Å².